The summed E-state index contributed by atoms with van der Waals surface area (Å²) in [6, 6.07) is 5.35. The summed E-state index contributed by atoms with van der Waals surface area (Å²) < 4.78 is 45.3. The predicted octanol–water partition coefficient (Wildman–Crippen LogP) is 3.58. The molecule has 0 fully saturated rings. The van der Waals surface area contributed by atoms with E-state index in [0.29, 0.717) is 17.2 Å². The topological polar surface area (TPSA) is 44.5 Å². The monoisotopic (exact) mass is 325 g/mol. The van der Waals surface area contributed by atoms with Crippen LogP contribution in [0.5, 0.6) is 5.75 Å². The van der Waals surface area contributed by atoms with Gasteiger partial charge >= 0.3 is 6.18 Å². The molecule has 1 aromatic rings. The van der Waals surface area contributed by atoms with E-state index >= 15 is 0 Å². The van der Waals surface area contributed by atoms with Crippen LogP contribution in [-0.4, -0.2) is 32.0 Å². The minimum absolute atomic E-state index is 0.00359. The Bertz CT molecular complexity index is 441. The van der Waals surface area contributed by atoms with Gasteiger partial charge in [0.1, 0.15) is 19.0 Å². The molecule has 1 aromatic carbocycles. The van der Waals surface area contributed by atoms with Crippen LogP contribution in [0.2, 0.25) is 5.02 Å². The third-order valence-electron chi connectivity index (χ3n) is 2.77. The van der Waals surface area contributed by atoms with Crippen molar-refractivity contribution < 1.29 is 22.6 Å². The molecule has 120 valence electrons. The average Bonchev–Trinajstić information content (AvgIpc) is 2.39. The molecule has 0 aliphatic rings. The van der Waals surface area contributed by atoms with Gasteiger partial charge in [0, 0.05) is 6.04 Å². The van der Waals surface area contributed by atoms with Crippen molar-refractivity contribution in [2.24, 2.45) is 5.73 Å². The molecule has 21 heavy (non-hydrogen) atoms. The summed E-state index contributed by atoms with van der Waals surface area (Å²) in [5, 5.41) is 0.409. The Hall–Kier alpha value is -0.980. The SMILES string of the molecule is CCC(N)Cc1ccc(OCCOCC(F)(F)F)c(Cl)c1. The molecule has 3 nitrogen and oxygen atoms in total. The van der Waals surface area contributed by atoms with Gasteiger partial charge in [-0.3, -0.25) is 0 Å². The first kappa shape index (κ1) is 18.1. The van der Waals surface area contributed by atoms with Crippen LogP contribution in [0.25, 0.3) is 0 Å². The molecular formula is C14H19ClF3NO2. The Kier molecular flexibility index (Phi) is 7.28. The van der Waals surface area contributed by atoms with Crippen molar-refractivity contribution >= 4 is 11.6 Å². The Labute approximate surface area is 127 Å². The fraction of sp³-hybridized carbons (Fsp3) is 0.571. The molecule has 0 heterocycles. The lowest BCUT2D eigenvalue weighted by atomic mass is 10.0. The summed E-state index contributed by atoms with van der Waals surface area (Å²) >= 11 is 6.05. The van der Waals surface area contributed by atoms with E-state index in [9.17, 15) is 13.2 Å². The Morgan fingerprint density at radius 3 is 2.57 bits per heavy atom. The van der Waals surface area contributed by atoms with Crippen molar-refractivity contribution in [1.29, 1.82) is 0 Å². The van der Waals surface area contributed by atoms with Crippen LogP contribution in [0.1, 0.15) is 18.9 Å². The molecule has 2 N–H and O–H groups in total. The second-order valence-electron chi connectivity index (χ2n) is 4.65. The van der Waals surface area contributed by atoms with Crippen LogP contribution in [-0.2, 0) is 11.2 Å². The number of rotatable bonds is 8. The van der Waals surface area contributed by atoms with Gasteiger partial charge in [-0.1, -0.05) is 24.6 Å². The second kappa shape index (κ2) is 8.46. The normalized spacial score (nSPS) is 13.2. The van der Waals surface area contributed by atoms with E-state index in [1.165, 1.54) is 0 Å². The lowest BCUT2D eigenvalue weighted by molar-refractivity contribution is -0.175. The summed E-state index contributed by atoms with van der Waals surface area (Å²) in [7, 11) is 0. The van der Waals surface area contributed by atoms with E-state index in [0.717, 1.165) is 12.0 Å². The Balaban J connectivity index is 2.39. The third kappa shape index (κ3) is 7.55. The van der Waals surface area contributed by atoms with E-state index in [-0.39, 0.29) is 19.3 Å². The highest BCUT2D eigenvalue weighted by atomic mass is 35.5. The summed E-state index contributed by atoms with van der Waals surface area (Å²) in [5.41, 5.74) is 6.85. The molecule has 0 saturated carbocycles. The van der Waals surface area contributed by atoms with Gasteiger partial charge in [0.05, 0.1) is 11.6 Å². The standard InChI is InChI=1S/C14H19ClF3NO2/c1-2-11(19)7-10-3-4-13(12(15)8-10)21-6-5-20-9-14(16,17)18/h3-4,8,11H,2,5-7,9,19H2,1H3. The van der Waals surface area contributed by atoms with Crippen molar-refractivity contribution in [3.63, 3.8) is 0 Å². The molecule has 1 atom stereocenters. The Morgan fingerprint density at radius 2 is 2.00 bits per heavy atom. The summed E-state index contributed by atoms with van der Waals surface area (Å²) in [5.74, 6) is 0.418. The highest BCUT2D eigenvalue weighted by molar-refractivity contribution is 6.32. The van der Waals surface area contributed by atoms with E-state index in [1.54, 1.807) is 12.1 Å². The molecule has 0 bridgehead atoms. The number of nitrogens with two attached hydrogens (primary N) is 1. The van der Waals surface area contributed by atoms with Gasteiger partial charge in [0.15, 0.2) is 0 Å². The summed E-state index contributed by atoms with van der Waals surface area (Å²) in [6.07, 6.45) is -2.74. The molecule has 0 saturated heterocycles. The van der Waals surface area contributed by atoms with Gasteiger partial charge < -0.3 is 15.2 Å². The van der Waals surface area contributed by atoms with E-state index < -0.39 is 12.8 Å². The summed E-state index contributed by atoms with van der Waals surface area (Å²) in [6.45, 7) is 0.574. The zero-order chi connectivity index (χ0) is 15.9. The highest BCUT2D eigenvalue weighted by Crippen LogP contribution is 2.26. The first-order chi connectivity index (χ1) is 9.81. The zero-order valence-corrected chi connectivity index (χ0v) is 12.5. The van der Waals surface area contributed by atoms with Crippen molar-refractivity contribution in [3.8, 4) is 5.75 Å². The van der Waals surface area contributed by atoms with Crippen molar-refractivity contribution in [3.05, 3.63) is 28.8 Å². The smallest absolute Gasteiger partial charge is 0.411 e. The molecule has 0 radical (unpaired) electrons. The van der Waals surface area contributed by atoms with E-state index in [1.807, 2.05) is 13.0 Å². The first-order valence-electron chi connectivity index (χ1n) is 6.63. The van der Waals surface area contributed by atoms with Crippen LogP contribution in [0, 0.1) is 0 Å². The summed E-state index contributed by atoms with van der Waals surface area (Å²) in [4.78, 5) is 0. The van der Waals surface area contributed by atoms with Crippen molar-refractivity contribution in [2.75, 3.05) is 19.8 Å². The molecule has 0 spiro atoms. The minimum atomic E-state index is -4.32. The maximum Gasteiger partial charge on any atom is 0.411 e. The number of halogens is 4. The molecule has 0 amide bonds. The molecular weight excluding hydrogens is 307 g/mol. The molecule has 7 heteroatoms. The maximum absolute atomic E-state index is 11.9. The van der Waals surface area contributed by atoms with Crippen LogP contribution in [0.4, 0.5) is 13.2 Å². The van der Waals surface area contributed by atoms with Crippen molar-refractivity contribution in [1.82, 2.24) is 0 Å². The van der Waals surface area contributed by atoms with E-state index in [2.05, 4.69) is 4.74 Å². The zero-order valence-electron chi connectivity index (χ0n) is 11.8. The average molecular weight is 326 g/mol. The van der Waals surface area contributed by atoms with Crippen LogP contribution in [0.3, 0.4) is 0 Å². The number of ether oxygens (including phenoxy) is 2. The van der Waals surface area contributed by atoms with Gasteiger partial charge in [0.2, 0.25) is 0 Å². The second-order valence-corrected chi connectivity index (χ2v) is 5.06. The van der Waals surface area contributed by atoms with Gasteiger partial charge in [-0.05, 0) is 30.5 Å². The molecule has 1 unspecified atom stereocenters. The quantitative estimate of drug-likeness (QED) is 0.743. The van der Waals surface area contributed by atoms with Crippen LogP contribution in [0.15, 0.2) is 18.2 Å². The number of hydrogen-bond acceptors (Lipinski definition) is 3. The molecule has 1 rings (SSSR count). The molecule has 0 aromatic heterocycles. The predicted molar refractivity (Wildman–Crippen MR) is 75.8 cm³/mol. The fourth-order valence-electron chi connectivity index (χ4n) is 1.63. The number of hydrogen-bond donors (Lipinski definition) is 1. The largest absolute Gasteiger partial charge is 0.490 e. The fourth-order valence-corrected chi connectivity index (χ4v) is 1.89. The third-order valence-corrected chi connectivity index (χ3v) is 3.06. The lowest BCUT2D eigenvalue weighted by Crippen LogP contribution is -2.21. The first-order valence-corrected chi connectivity index (χ1v) is 7.01. The van der Waals surface area contributed by atoms with E-state index in [4.69, 9.17) is 22.1 Å². The van der Waals surface area contributed by atoms with Crippen LogP contribution < -0.4 is 10.5 Å². The maximum atomic E-state index is 11.9. The van der Waals surface area contributed by atoms with Gasteiger partial charge in [0.25, 0.3) is 0 Å². The molecule has 0 aliphatic heterocycles. The lowest BCUT2D eigenvalue weighted by Gasteiger charge is -2.12. The van der Waals surface area contributed by atoms with Gasteiger partial charge in [-0.25, -0.2) is 0 Å². The van der Waals surface area contributed by atoms with Crippen LogP contribution >= 0.6 is 11.6 Å². The minimum Gasteiger partial charge on any atom is -0.490 e. The van der Waals surface area contributed by atoms with Gasteiger partial charge in [-0.2, -0.15) is 13.2 Å². The number of alkyl halides is 3. The number of benzene rings is 1. The Morgan fingerprint density at radius 1 is 1.29 bits per heavy atom. The van der Waals surface area contributed by atoms with Crippen molar-refractivity contribution in [2.45, 2.75) is 32.0 Å². The molecule has 0 aliphatic carbocycles. The van der Waals surface area contributed by atoms with Gasteiger partial charge in [-0.15, -0.1) is 0 Å². The highest BCUT2D eigenvalue weighted by Gasteiger charge is 2.27.